The van der Waals surface area contributed by atoms with E-state index in [0.29, 0.717) is 13.0 Å². The molecule has 0 spiro atoms. The van der Waals surface area contributed by atoms with Crippen molar-refractivity contribution >= 4 is 6.03 Å². The smallest absolute Gasteiger partial charge is 0.318 e. The van der Waals surface area contributed by atoms with Crippen LogP contribution in [0.15, 0.2) is 48.5 Å². The second-order valence-corrected chi connectivity index (χ2v) is 7.56. The molecule has 1 fully saturated rings. The largest absolute Gasteiger partial charge is 0.328 e. The summed E-state index contributed by atoms with van der Waals surface area (Å²) in [7, 11) is 1.61. The number of likely N-dealkylation sites (N-methyl/N-ethyl adjacent to an activating group) is 1. The van der Waals surface area contributed by atoms with Crippen LogP contribution < -0.4 is 5.32 Å². The summed E-state index contributed by atoms with van der Waals surface area (Å²) < 4.78 is 41.8. The number of nitrogens with zero attached hydrogens (tertiary/aromatic N) is 2. The molecule has 2 aromatic carbocycles. The first-order valence-electron chi connectivity index (χ1n) is 9.32. The van der Waals surface area contributed by atoms with Crippen molar-refractivity contribution in [2.75, 3.05) is 26.7 Å². The molecule has 2 amide bonds. The fourth-order valence-corrected chi connectivity index (χ4v) is 4.15. The van der Waals surface area contributed by atoms with Crippen molar-refractivity contribution in [3.8, 4) is 0 Å². The van der Waals surface area contributed by atoms with Crippen LogP contribution in [0, 0.1) is 5.82 Å². The second-order valence-electron chi connectivity index (χ2n) is 7.56. The summed E-state index contributed by atoms with van der Waals surface area (Å²) in [5.41, 5.74) is 2.79. The summed E-state index contributed by atoms with van der Waals surface area (Å²) in [5, 5.41) is 2.53. The predicted molar refractivity (Wildman–Crippen MR) is 99.9 cm³/mol. The third-order valence-corrected chi connectivity index (χ3v) is 5.51. The minimum atomic E-state index is -2.97. The molecule has 7 heteroatoms. The van der Waals surface area contributed by atoms with Crippen LogP contribution in [0.1, 0.15) is 22.7 Å². The van der Waals surface area contributed by atoms with Gasteiger partial charge in [0.1, 0.15) is 11.9 Å². The Hall–Kier alpha value is -2.54. The van der Waals surface area contributed by atoms with Crippen LogP contribution in [0.2, 0.25) is 0 Å². The average molecular weight is 389 g/mol. The van der Waals surface area contributed by atoms with Crippen molar-refractivity contribution in [2.45, 2.75) is 24.4 Å². The van der Waals surface area contributed by atoms with E-state index in [0.717, 1.165) is 16.7 Å². The van der Waals surface area contributed by atoms with Crippen molar-refractivity contribution in [1.29, 1.82) is 0 Å². The highest BCUT2D eigenvalue weighted by molar-refractivity contribution is 5.76. The van der Waals surface area contributed by atoms with Gasteiger partial charge in [-0.15, -0.1) is 0 Å². The second kappa shape index (κ2) is 7.13. The van der Waals surface area contributed by atoms with E-state index in [-0.39, 0.29) is 18.9 Å². The normalized spacial score (nSPS) is 24.1. The van der Waals surface area contributed by atoms with E-state index >= 15 is 0 Å². The molecule has 2 aliphatic rings. The summed E-state index contributed by atoms with van der Waals surface area (Å²) >= 11 is 0. The number of nitrogens with one attached hydrogen (secondary N) is 1. The highest BCUT2D eigenvalue weighted by atomic mass is 19.3. The van der Waals surface area contributed by atoms with Gasteiger partial charge in [0.15, 0.2) is 0 Å². The molecule has 2 heterocycles. The number of carbonyl (C=O) groups excluding carboxylic acids is 1. The summed E-state index contributed by atoms with van der Waals surface area (Å²) in [6, 6.07) is 11.5. The first-order chi connectivity index (χ1) is 13.3. The molecular formula is C21H22F3N3O. The van der Waals surface area contributed by atoms with Crippen LogP contribution in [-0.2, 0) is 6.42 Å². The maximum absolute atomic E-state index is 14.2. The van der Waals surface area contributed by atoms with Crippen LogP contribution in [0.25, 0.3) is 0 Å². The molecular weight excluding hydrogens is 367 g/mol. The molecule has 0 radical (unpaired) electrons. The summed E-state index contributed by atoms with van der Waals surface area (Å²) in [6.45, 7) is 0.131. The van der Waals surface area contributed by atoms with Crippen LogP contribution >= 0.6 is 0 Å². The van der Waals surface area contributed by atoms with Gasteiger partial charge in [-0.3, -0.25) is 4.90 Å². The maximum atomic E-state index is 14.2. The zero-order valence-corrected chi connectivity index (χ0v) is 15.5. The number of likely N-dealkylation sites (tertiary alicyclic amines) is 1. The topological polar surface area (TPSA) is 35.6 Å². The number of amides is 2. The summed E-state index contributed by atoms with van der Waals surface area (Å²) in [6.07, 6.45) is 0.641. The molecule has 148 valence electrons. The van der Waals surface area contributed by atoms with Gasteiger partial charge in [-0.1, -0.05) is 36.4 Å². The lowest BCUT2D eigenvalue weighted by Gasteiger charge is -2.38. The summed E-state index contributed by atoms with van der Waals surface area (Å²) in [4.78, 5) is 16.1. The molecule has 4 rings (SSSR count). The molecule has 2 atom stereocenters. The van der Waals surface area contributed by atoms with Crippen LogP contribution in [0.4, 0.5) is 18.0 Å². The number of halogens is 3. The Kier molecular flexibility index (Phi) is 4.79. The van der Waals surface area contributed by atoms with E-state index in [1.165, 1.54) is 17.0 Å². The van der Waals surface area contributed by atoms with Crippen LogP contribution in [-0.4, -0.2) is 54.5 Å². The maximum Gasteiger partial charge on any atom is 0.318 e. The van der Waals surface area contributed by atoms with E-state index in [2.05, 4.69) is 5.32 Å². The van der Waals surface area contributed by atoms with Gasteiger partial charge in [0.2, 0.25) is 0 Å². The molecule has 0 bridgehead atoms. The van der Waals surface area contributed by atoms with Gasteiger partial charge in [-0.2, -0.15) is 0 Å². The molecule has 1 saturated heterocycles. The van der Waals surface area contributed by atoms with E-state index in [9.17, 15) is 18.0 Å². The van der Waals surface area contributed by atoms with Crippen molar-refractivity contribution in [1.82, 2.24) is 15.1 Å². The van der Waals surface area contributed by atoms with E-state index in [4.69, 9.17) is 0 Å². The monoisotopic (exact) mass is 389 g/mol. The van der Waals surface area contributed by atoms with Gasteiger partial charge in [-0.05, 0) is 42.3 Å². The van der Waals surface area contributed by atoms with Gasteiger partial charge in [0, 0.05) is 13.1 Å². The van der Waals surface area contributed by atoms with E-state index in [1.54, 1.807) is 24.1 Å². The number of hydrogen-bond acceptors (Lipinski definition) is 2. The van der Waals surface area contributed by atoms with Crippen molar-refractivity contribution in [2.24, 2.45) is 0 Å². The Labute approximate surface area is 161 Å². The van der Waals surface area contributed by atoms with Crippen LogP contribution in [0.3, 0.4) is 0 Å². The molecule has 2 aliphatic heterocycles. The number of urea groups is 1. The molecule has 0 aliphatic carbocycles. The zero-order chi connectivity index (χ0) is 19.9. The number of hydrogen-bond donors (Lipinski definition) is 1. The Morgan fingerprint density at radius 3 is 2.54 bits per heavy atom. The lowest BCUT2D eigenvalue weighted by Crippen LogP contribution is -2.53. The first-order valence-corrected chi connectivity index (χ1v) is 9.32. The fraction of sp³-hybridized carbons (Fsp3) is 0.381. The van der Waals surface area contributed by atoms with Crippen molar-refractivity contribution < 1.29 is 18.0 Å². The third kappa shape index (κ3) is 3.46. The Bertz CT molecular complexity index is 871. The lowest BCUT2D eigenvalue weighted by molar-refractivity contribution is -0.00772. The summed E-state index contributed by atoms with van der Waals surface area (Å²) in [5.74, 6) is -3.33. The number of rotatable bonds is 2. The number of carbonyl (C=O) groups is 1. The highest BCUT2D eigenvalue weighted by Gasteiger charge is 2.48. The SMILES string of the molecule is CN1C[C@@H](NC(=O)N2CCc3ccccc3[C@@H]2c2ccc(F)cc2)C(F)(F)C1. The quantitative estimate of drug-likeness (QED) is 0.854. The number of benzene rings is 2. The fourth-order valence-electron chi connectivity index (χ4n) is 4.15. The first kappa shape index (κ1) is 18.8. The Morgan fingerprint density at radius 2 is 1.86 bits per heavy atom. The zero-order valence-electron chi connectivity index (χ0n) is 15.5. The molecule has 2 aromatic rings. The molecule has 1 N–H and O–H groups in total. The van der Waals surface area contributed by atoms with E-state index in [1.807, 2.05) is 24.3 Å². The average Bonchev–Trinajstić information content (AvgIpc) is 2.92. The molecule has 0 unspecified atom stereocenters. The Morgan fingerprint density at radius 1 is 1.14 bits per heavy atom. The minimum Gasteiger partial charge on any atom is -0.328 e. The van der Waals surface area contributed by atoms with E-state index < -0.39 is 24.0 Å². The molecule has 28 heavy (non-hydrogen) atoms. The lowest BCUT2D eigenvalue weighted by atomic mass is 9.88. The van der Waals surface area contributed by atoms with Gasteiger partial charge >= 0.3 is 6.03 Å². The van der Waals surface area contributed by atoms with Gasteiger partial charge in [0.05, 0.1) is 12.6 Å². The van der Waals surface area contributed by atoms with Gasteiger partial charge in [0.25, 0.3) is 5.92 Å². The minimum absolute atomic E-state index is 0.102. The third-order valence-electron chi connectivity index (χ3n) is 5.51. The van der Waals surface area contributed by atoms with Crippen molar-refractivity contribution in [3.05, 3.63) is 71.0 Å². The van der Waals surface area contributed by atoms with Gasteiger partial charge in [-0.25, -0.2) is 18.0 Å². The predicted octanol–water partition coefficient (Wildman–Crippen LogP) is 3.43. The molecule has 0 aromatic heterocycles. The number of alkyl halides is 2. The molecule has 4 nitrogen and oxygen atoms in total. The number of fused-ring (bicyclic) bond motifs is 1. The van der Waals surface area contributed by atoms with Crippen LogP contribution in [0.5, 0.6) is 0 Å². The Balaban J connectivity index is 1.65. The highest BCUT2D eigenvalue weighted by Crippen LogP contribution is 2.36. The van der Waals surface area contributed by atoms with Gasteiger partial charge < -0.3 is 10.2 Å². The van der Waals surface area contributed by atoms with Crippen molar-refractivity contribution in [3.63, 3.8) is 0 Å². The molecule has 0 saturated carbocycles. The standard InChI is InChI=1S/C21H22F3N3O/c1-26-12-18(21(23,24)13-26)25-20(28)27-11-10-14-4-2-3-5-17(14)19(27)15-6-8-16(22)9-7-15/h2-9,18-19H,10-13H2,1H3,(H,25,28)/t18-,19+/m1/s1.